The second-order valence-corrected chi connectivity index (χ2v) is 4.29. The number of amides is 1. The van der Waals surface area contributed by atoms with Crippen LogP contribution in [0.2, 0.25) is 0 Å². The van der Waals surface area contributed by atoms with Crippen LogP contribution in [0, 0.1) is 0 Å². The van der Waals surface area contributed by atoms with Gasteiger partial charge < -0.3 is 16.4 Å². The van der Waals surface area contributed by atoms with Crippen LogP contribution in [0.25, 0.3) is 0 Å². The lowest BCUT2D eigenvalue weighted by molar-refractivity contribution is -0.141. The monoisotopic (exact) mass is 274 g/mol. The number of rotatable bonds is 3. The van der Waals surface area contributed by atoms with Gasteiger partial charge in [0.25, 0.3) is 5.91 Å². The summed E-state index contributed by atoms with van der Waals surface area (Å²) in [4.78, 5) is 14.7. The molecule has 0 aromatic carbocycles. The van der Waals surface area contributed by atoms with E-state index in [4.69, 9.17) is 5.73 Å². The number of aromatic nitrogens is 1. The van der Waals surface area contributed by atoms with E-state index < -0.39 is 17.8 Å². The summed E-state index contributed by atoms with van der Waals surface area (Å²) in [6, 6.07) is 1.73. The SMILES string of the molecule is NC(=O)c1ccc(C(F)(F)F)nc1NC1CCNC1. The van der Waals surface area contributed by atoms with Crippen molar-refractivity contribution in [2.75, 3.05) is 18.4 Å². The Morgan fingerprint density at radius 1 is 1.47 bits per heavy atom. The van der Waals surface area contributed by atoms with Crippen molar-refractivity contribution in [2.45, 2.75) is 18.6 Å². The molecule has 1 amide bonds. The Balaban J connectivity index is 2.32. The largest absolute Gasteiger partial charge is 0.433 e. The highest BCUT2D eigenvalue weighted by Crippen LogP contribution is 2.29. The van der Waals surface area contributed by atoms with E-state index >= 15 is 0 Å². The molecule has 5 nitrogen and oxygen atoms in total. The van der Waals surface area contributed by atoms with Crippen LogP contribution in [0.15, 0.2) is 12.1 Å². The van der Waals surface area contributed by atoms with Crippen molar-refractivity contribution < 1.29 is 18.0 Å². The summed E-state index contributed by atoms with van der Waals surface area (Å²) >= 11 is 0. The quantitative estimate of drug-likeness (QED) is 0.767. The first-order chi connectivity index (χ1) is 8.88. The zero-order chi connectivity index (χ0) is 14.0. The minimum Gasteiger partial charge on any atom is -0.365 e. The number of halogens is 3. The topological polar surface area (TPSA) is 80.0 Å². The third-order valence-electron chi connectivity index (χ3n) is 2.85. The van der Waals surface area contributed by atoms with Crippen LogP contribution in [-0.4, -0.2) is 30.0 Å². The number of anilines is 1. The average molecular weight is 274 g/mol. The summed E-state index contributed by atoms with van der Waals surface area (Å²) in [6.07, 6.45) is -3.81. The predicted octanol–water partition coefficient (Wildman–Crippen LogP) is 0.973. The van der Waals surface area contributed by atoms with Gasteiger partial charge in [-0.15, -0.1) is 0 Å². The normalized spacial score (nSPS) is 19.4. The Labute approximate surface area is 107 Å². The Bertz CT molecular complexity index is 483. The maximum atomic E-state index is 12.6. The smallest absolute Gasteiger partial charge is 0.365 e. The van der Waals surface area contributed by atoms with E-state index in [1.807, 2.05) is 0 Å². The van der Waals surface area contributed by atoms with Gasteiger partial charge in [0, 0.05) is 12.6 Å². The molecule has 104 valence electrons. The Hall–Kier alpha value is -1.83. The van der Waals surface area contributed by atoms with E-state index in [0.717, 1.165) is 25.1 Å². The Morgan fingerprint density at radius 3 is 2.74 bits per heavy atom. The summed E-state index contributed by atoms with van der Waals surface area (Å²) < 4.78 is 37.8. The first kappa shape index (κ1) is 13.6. The van der Waals surface area contributed by atoms with Gasteiger partial charge >= 0.3 is 6.18 Å². The number of alkyl halides is 3. The number of pyridine rings is 1. The molecule has 1 aromatic rings. The maximum absolute atomic E-state index is 12.6. The predicted molar refractivity (Wildman–Crippen MR) is 62.7 cm³/mol. The molecule has 1 aliphatic rings. The zero-order valence-electron chi connectivity index (χ0n) is 9.92. The van der Waals surface area contributed by atoms with Gasteiger partial charge in [-0.3, -0.25) is 4.79 Å². The lowest BCUT2D eigenvalue weighted by Crippen LogP contribution is -2.26. The lowest BCUT2D eigenvalue weighted by atomic mass is 10.2. The van der Waals surface area contributed by atoms with Crippen molar-refractivity contribution in [2.24, 2.45) is 5.73 Å². The number of primary amides is 1. The molecule has 19 heavy (non-hydrogen) atoms. The molecule has 8 heteroatoms. The molecular formula is C11H13F3N4O. The van der Waals surface area contributed by atoms with Crippen molar-refractivity contribution in [3.05, 3.63) is 23.4 Å². The molecule has 0 spiro atoms. The van der Waals surface area contributed by atoms with Gasteiger partial charge in [-0.1, -0.05) is 0 Å². The van der Waals surface area contributed by atoms with Crippen molar-refractivity contribution in [3.63, 3.8) is 0 Å². The molecule has 1 atom stereocenters. The van der Waals surface area contributed by atoms with Crippen molar-refractivity contribution in [3.8, 4) is 0 Å². The van der Waals surface area contributed by atoms with Gasteiger partial charge in [-0.25, -0.2) is 4.98 Å². The van der Waals surface area contributed by atoms with Gasteiger partial charge in [-0.2, -0.15) is 13.2 Å². The zero-order valence-corrected chi connectivity index (χ0v) is 9.92. The summed E-state index contributed by atoms with van der Waals surface area (Å²) in [6.45, 7) is 1.37. The summed E-state index contributed by atoms with van der Waals surface area (Å²) in [5, 5.41) is 5.89. The van der Waals surface area contributed by atoms with E-state index in [1.165, 1.54) is 0 Å². The summed E-state index contributed by atoms with van der Waals surface area (Å²) in [5.41, 5.74) is 4.04. The van der Waals surface area contributed by atoms with E-state index in [9.17, 15) is 18.0 Å². The van der Waals surface area contributed by atoms with Crippen LogP contribution in [0.5, 0.6) is 0 Å². The number of carbonyl (C=O) groups excluding carboxylic acids is 1. The molecule has 2 heterocycles. The molecular weight excluding hydrogens is 261 g/mol. The van der Waals surface area contributed by atoms with Crippen molar-refractivity contribution >= 4 is 11.7 Å². The third-order valence-corrected chi connectivity index (χ3v) is 2.85. The number of hydrogen-bond acceptors (Lipinski definition) is 4. The van der Waals surface area contributed by atoms with Crippen LogP contribution in [0.3, 0.4) is 0 Å². The van der Waals surface area contributed by atoms with Gasteiger partial charge in [0.2, 0.25) is 0 Å². The highest BCUT2D eigenvalue weighted by molar-refractivity contribution is 5.97. The molecule has 0 saturated carbocycles. The maximum Gasteiger partial charge on any atom is 0.433 e. The first-order valence-corrected chi connectivity index (χ1v) is 5.73. The van der Waals surface area contributed by atoms with Crippen LogP contribution in [-0.2, 0) is 6.18 Å². The molecule has 1 saturated heterocycles. The summed E-state index contributed by atoms with van der Waals surface area (Å²) in [7, 11) is 0. The lowest BCUT2D eigenvalue weighted by Gasteiger charge is -2.16. The number of hydrogen-bond donors (Lipinski definition) is 3. The highest BCUT2D eigenvalue weighted by atomic mass is 19.4. The fraction of sp³-hybridized carbons (Fsp3) is 0.455. The van der Waals surface area contributed by atoms with Gasteiger partial charge in [0.1, 0.15) is 11.5 Å². The van der Waals surface area contributed by atoms with E-state index in [-0.39, 0.29) is 17.4 Å². The Morgan fingerprint density at radius 2 is 2.21 bits per heavy atom. The standard InChI is InChI=1S/C11H13F3N4O/c12-11(13,14)8-2-1-7(9(15)19)10(18-8)17-6-3-4-16-5-6/h1-2,6,16H,3-5H2,(H2,15,19)(H,17,18). The molecule has 4 N–H and O–H groups in total. The van der Waals surface area contributed by atoms with E-state index in [2.05, 4.69) is 15.6 Å². The highest BCUT2D eigenvalue weighted by Gasteiger charge is 2.33. The molecule has 1 fully saturated rings. The minimum atomic E-state index is -4.56. The van der Waals surface area contributed by atoms with E-state index in [0.29, 0.717) is 6.54 Å². The summed E-state index contributed by atoms with van der Waals surface area (Å²) in [5.74, 6) is -0.925. The van der Waals surface area contributed by atoms with Crippen molar-refractivity contribution in [1.29, 1.82) is 0 Å². The van der Waals surface area contributed by atoms with Crippen LogP contribution in [0.4, 0.5) is 19.0 Å². The molecule has 2 rings (SSSR count). The number of nitrogens with two attached hydrogens (primary N) is 1. The molecule has 0 aliphatic carbocycles. The number of nitrogens with zero attached hydrogens (tertiary/aromatic N) is 1. The molecule has 0 bridgehead atoms. The van der Waals surface area contributed by atoms with Gasteiger partial charge in [0.05, 0.1) is 5.56 Å². The second kappa shape index (κ2) is 5.04. The minimum absolute atomic E-state index is 0.0418. The van der Waals surface area contributed by atoms with Gasteiger partial charge in [-0.05, 0) is 25.1 Å². The fourth-order valence-electron chi connectivity index (χ4n) is 1.90. The van der Waals surface area contributed by atoms with Crippen LogP contribution >= 0.6 is 0 Å². The molecule has 1 aliphatic heterocycles. The Kier molecular flexibility index (Phi) is 3.61. The third kappa shape index (κ3) is 3.14. The first-order valence-electron chi connectivity index (χ1n) is 5.73. The second-order valence-electron chi connectivity index (χ2n) is 4.29. The van der Waals surface area contributed by atoms with Gasteiger partial charge in [0.15, 0.2) is 0 Å². The van der Waals surface area contributed by atoms with Crippen molar-refractivity contribution in [1.82, 2.24) is 10.3 Å². The molecule has 1 aromatic heterocycles. The number of nitrogens with one attached hydrogen (secondary N) is 2. The average Bonchev–Trinajstić information content (AvgIpc) is 2.80. The van der Waals surface area contributed by atoms with E-state index in [1.54, 1.807) is 0 Å². The number of carbonyl (C=O) groups is 1. The van der Waals surface area contributed by atoms with Crippen LogP contribution in [0.1, 0.15) is 22.5 Å². The van der Waals surface area contributed by atoms with Crippen LogP contribution < -0.4 is 16.4 Å². The fourth-order valence-corrected chi connectivity index (χ4v) is 1.90. The molecule has 1 unspecified atom stereocenters. The molecule has 0 radical (unpaired) electrons.